The van der Waals surface area contributed by atoms with Crippen LogP contribution in [0.2, 0.25) is 0 Å². The van der Waals surface area contributed by atoms with E-state index in [9.17, 15) is 34.8 Å². The van der Waals surface area contributed by atoms with Crippen LogP contribution >= 0.6 is 0 Å². The number of rotatable bonds is 2. The number of hydrogen-bond acceptors (Lipinski definition) is 7. The van der Waals surface area contributed by atoms with Gasteiger partial charge in [-0.15, -0.1) is 0 Å². The summed E-state index contributed by atoms with van der Waals surface area (Å²) in [4.78, 5) is 39.6. The minimum Gasteiger partial charge on any atom is -0.507 e. The highest BCUT2D eigenvalue weighted by molar-refractivity contribution is 6.09. The number of aryl methyl sites for hydroxylation is 2. The predicted octanol–water partition coefficient (Wildman–Crippen LogP) is 1.19. The molecule has 8 atom stereocenters. The zero-order valence-electron chi connectivity index (χ0n) is 20.5. The summed E-state index contributed by atoms with van der Waals surface area (Å²) in [6, 6.07) is 1.81. The van der Waals surface area contributed by atoms with Crippen LogP contribution in [0.3, 0.4) is 0 Å². The van der Waals surface area contributed by atoms with E-state index in [1.54, 1.807) is 13.8 Å². The summed E-state index contributed by atoms with van der Waals surface area (Å²) < 4.78 is 0. The Morgan fingerprint density at radius 3 is 2.26 bits per heavy atom. The molecule has 186 valence electrons. The number of aliphatic hydroxyl groups excluding tert-OH is 2. The predicted molar refractivity (Wildman–Crippen MR) is 123 cm³/mol. The summed E-state index contributed by atoms with van der Waals surface area (Å²) in [6.07, 6.45) is -2.78. The van der Waals surface area contributed by atoms with Gasteiger partial charge in [-0.25, -0.2) is 0 Å². The smallest absolute Gasteiger partial charge is 0.230 e. The van der Waals surface area contributed by atoms with Gasteiger partial charge in [0.15, 0.2) is 17.2 Å². The molecule has 1 aromatic carbocycles. The van der Waals surface area contributed by atoms with Gasteiger partial charge in [0.1, 0.15) is 17.8 Å². The third-order valence-electron chi connectivity index (χ3n) is 9.20. The molecule has 4 rings (SSSR count). The molecule has 0 bridgehead atoms. The van der Waals surface area contributed by atoms with Crippen molar-refractivity contribution in [1.82, 2.24) is 0 Å². The van der Waals surface area contributed by atoms with Crippen LogP contribution in [0.15, 0.2) is 6.07 Å². The van der Waals surface area contributed by atoms with Crippen molar-refractivity contribution in [2.24, 2.45) is 40.2 Å². The van der Waals surface area contributed by atoms with E-state index < -0.39 is 63.9 Å². The lowest BCUT2D eigenvalue weighted by Crippen LogP contribution is -2.79. The van der Waals surface area contributed by atoms with E-state index in [1.807, 2.05) is 33.8 Å². The van der Waals surface area contributed by atoms with Gasteiger partial charge in [0.25, 0.3) is 0 Å². The SMILES string of the molecule is Cc1cc(C)c2c(c1O)C(=O)C1C(O)[C@@]3(O)C(=O)C(C(N)=O)C(O)[C@H](C(C)C)[C@@]3(C)C[C@@]1(C)C2. The van der Waals surface area contributed by atoms with Gasteiger partial charge in [-0.05, 0) is 60.6 Å². The zero-order valence-corrected chi connectivity index (χ0v) is 20.5. The molecule has 3 aliphatic carbocycles. The highest BCUT2D eigenvalue weighted by atomic mass is 16.4. The molecule has 2 fully saturated rings. The second-order valence-electron chi connectivity index (χ2n) is 11.7. The van der Waals surface area contributed by atoms with Crippen LogP contribution in [-0.4, -0.2) is 55.7 Å². The summed E-state index contributed by atoms with van der Waals surface area (Å²) in [5, 5.41) is 45.5. The Morgan fingerprint density at radius 1 is 1.15 bits per heavy atom. The van der Waals surface area contributed by atoms with Crippen molar-refractivity contribution in [3.8, 4) is 5.75 Å². The van der Waals surface area contributed by atoms with E-state index >= 15 is 0 Å². The minimum absolute atomic E-state index is 0.112. The van der Waals surface area contributed by atoms with Gasteiger partial charge in [-0.2, -0.15) is 0 Å². The van der Waals surface area contributed by atoms with Crippen LogP contribution in [0, 0.1) is 48.3 Å². The van der Waals surface area contributed by atoms with Gasteiger partial charge in [0, 0.05) is 5.41 Å². The first kappa shape index (κ1) is 24.8. The van der Waals surface area contributed by atoms with E-state index in [0.29, 0.717) is 17.5 Å². The highest BCUT2D eigenvalue weighted by Gasteiger charge is 2.75. The summed E-state index contributed by atoms with van der Waals surface area (Å²) in [7, 11) is 0. The van der Waals surface area contributed by atoms with Gasteiger partial charge in [-0.3, -0.25) is 14.4 Å². The topological polar surface area (TPSA) is 158 Å². The lowest BCUT2D eigenvalue weighted by molar-refractivity contribution is -0.265. The van der Waals surface area contributed by atoms with Crippen molar-refractivity contribution in [3.05, 3.63) is 28.3 Å². The molecule has 8 heteroatoms. The van der Waals surface area contributed by atoms with Crippen molar-refractivity contribution in [2.45, 2.75) is 72.2 Å². The molecule has 0 saturated heterocycles. The van der Waals surface area contributed by atoms with Gasteiger partial charge >= 0.3 is 0 Å². The number of nitrogens with two attached hydrogens (primary N) is 1. The summed E-state index contributed by atoms with van der Waals surface area (Å²) in [6.45, 7) is 10.7. The van der Waals surface area contributed by atoms with E-state index in [-0.39, 0.29) is 23.7 Å². The van der Waals surface area contributed by atoms with Gasteiger partial charge in [0.05, 0.1) is 17.6 Å². The van der Waals surface area contributed by atoms with E-state index in [1.165, 1.54) is 0 Å². The number of hydrogen-bond donors (Lipinski definition) is 5. The number of fused-ring (bicyclic) bond motifs is 3. The first-order valence-corrected chi connectivity index (χ1v) is 11.8. The number of carbonyl (C=O) groups is 3. The highest BCUT2D eigenvalue weighted by Crippen LogP contribution is 2.65. The molecule has 0 aromatic heterocycles. The van der Waals surface area contributed by atoms with Gasteiger partial charge < -0.3 is 26.2 Å². The van der Waals surface area contributed by atoms with Gasteiger partial charge in [0.2, 0.25) is 5.91 Å². The second kappa shape index (κ2) is 7.35. The van der Waals surface area contributed by atoms with Crippen LogP contribution in [-0.2, 0) is 16.0 Å². The maximum Gasteiger partial charge on any atom is 0.230 e. The molecule has 0 heterocycles. The quantitative estimate of drug-likeness (QED) is 0.404. The Bertz CT molecular complexity index is 1110. The van der Waals surface area contributed by atoms with Crippen molar-refractivity contribution in [1.29, 1.82) is 0 Å². The molecular weight excluding hydrogens is 438 g/mol. The number of carbonyl (C=O) groups excluding carboxylic acids is 3. The molecule has 0 radical (unpaired) electrons. The Labute approximate surface area is 199 Å². The monoisotopic (exact) mass is 473 g/mol. The standard InChI is InChI=1S/C26H35NO7/c1-10(2)16-20(30)15(23(27)33)21(31)26(34)22(32)17-19(29)14-13(11(3)7-12(4)18(14)28)8-24(17,5)9-25(16,26)6/h7,10,15-17,20,22,28,30,32,34H,8-9H2,1-6H3,(H2,27,33)/t15?,16-,17?,20?,22?,24+,25+,26-/m0/s1. The fourth-order valence-corrected chi connectivity index (χ4v) is 7.95. The summed E-state index contributed by atoms with van der Waals surface area (Å²) in [5.74, 6) is -6.74. The molecule has 34 heavy (non-hydrogen) atoms. The zero-order chi connectivity index (χ0) is 25.7. The Kier molecular flexibility index (Phi) is 5.37. The molecule has 0 spiro atoms. The number of primary amides is 1. The first-order valence-electron chi connectivity index (χ1n) is 11.8. The second-order valence-corrected chi connectivity index (χ2v) is 11.7. The molecule has 0 aliphatic heterocycles. The van der Waals surface area contributed by atoms with Crippen molar-refractivity contribution in [2.75, 3.05) is 0 Å². The number of phenols is 1. The lowest BCUT2D eigenvalue weighted by atomic mass is 9.39. The van der Waals surface area contributed by atoms with E-state index in [2.05, 4.69) is 0 Å². The average Bonchev–Trinajstić information content (AvgIpc) is 2.68. The normalized spacial score (nSPS) is 41.6. The molecule has 1 amide bonds. The van der Waals surface area contributed by atoms with Crippen LogP contribution in [0.25, 0.3) is 0 Å². The van der Waals surface area contributed by atoms with Gasteiger partial charge in [-0.1, -0.05) is 33.8 Å². The Morgan fingerprint density at radius 2 is 1.74 bits per heavy atom. The van der Waals surface area contributed by atoms with Crippen LogP contribution in [0.1, 0.15) is 61.2 Å². The van der Waals surface area contributed by atoms with Crippen LogP contribution < -0.4 is 5.73 Å². The maximum atomic E-state index is 13.8. The average molecular weight is 474 g/mol. The molecular formula is C26H35NO7. The van der Waals surface area contributed by atoms with Crippen molar-refractivity contribution >= 4 is 17.5 Å². The fraction of sp³-hybridized carbons (Fsp3) is 0.654. The van der Waals surface area contributed by atoms with Crippen molar-refractivity contribution < 1.29 is 34.8 Å². The third-order valence-corrected chi connectivity index (χ3v) is 9.20. The number of amides is 1. The number of aromatic hydroxyl groups is 1. The third kappa shape index (κ3) is 2.79. The summed E-state index contributed by atoms with van der Waals surface area (Å²) in [5.41, 5.74) is 2.94. The van der Waals surface area contributed by atoms with E-state index in [0.717, 1.165) is 5.56 Å². The van der Waals surface area contributed by atoms with Crippen molar-refractivity contribution in [3.63, 3.8) is 0 Å². The van der Waals surface area contributed by atoms with Crippen LogP contribution in [0.4, 0.5) is 0 Å². The molecule has 4 unspecified atom stereocenters. The molecule has 8 nitrogen and oxygen atoms in total. The number of benzene rings is 1. The maximum absolute atomic E-state index is 13.8. The number of phenolic OH excluding ortho intramolecular Hbond substituents is 1. The summed E-state index contributed by atoms with van der Waals surface area (Å²) >= 11 is 0. The molecule has 6 N–H and O–H groups in total. The first-order chi connectivity index (χ1) is 15.5. The minimum atomic E-state index is -2.48. The van der Waals surface area contributed by atoms with E-state index in [4.69, 9.17) is 5.73 Å². The Hall–Kier alpha value is -2.29. The van der Waals surface area contributed by atoms with Crippen LogP contribution in [0.5, 0.6) is 5.75 Å². The molecule has 3 aliphatic rings. The molecule has 1 aromatic rings. The number of ketones is 2. The molecule has 2 saturated carbocycles. The fourth-order valence-electron chi connectivity index (χ4n) is 7.95. The number of Topliss-reactive ketones (excluding diaryl/α,β-unsaturated/α-hetero) is 2. The largest absolute Gasteiger partial charge is 0.507 e. The number of aliphatic hydroxyl groups is 3. The Balaban J connectivity index is 1.98. The lowest BCUT2D eigenvalue weighted by Gasteiger charge is -2.66.